The molecule has 1 amide bonds. The number of aryl methyl sites for hydroxylation is 1. The van der Waals surface area contributed by atoms with Crippen molar-refractivity contribution in [1.82, 2.24) is 30.2 Å². The summed E-state index contributed by atoms with van der Waals surface area (Å²) in [5.74, 6) is -1.07. The summed E-state index contributed by atoms with van der Waals surface area (Å²) < 4.78 is 14.1. The molecule has 4 N–H and O–H groups in total. The molecule has 0 spiro atoms. The molecule has 1 aromatic carbocycles. The van der Waals surface area contributed by atoms with Crippen LogP contribution < -0.4 is 16.0 Å². The van der Waals surface area contributed by atoms with E-state index in [-0.39, 0.29) is 28.9 Å². The molecule has 194 valence electrons. The summed E-state index contributed by atoms with van der Waals surface area (Å²) in [7, 11) is 0. The van der Waals surface area contributed by atoms with Gasteiger partial charge in [-0.2, -0.15) is 4.98 Å². The highest BCUT2D eigenvalue weighted by molar-refractivity contribution is 14.1. The lowest BCUT2D eigenvalue weighted by Gasteiger charge is -2.14. The van der Waals surface area contributed by atoms with Gasteiger partial charge in [-0.1, -0.05) is 0 Å². The summed E-state index contributed by atoms with van der Waals surface area (Å²) in [6.07, 6.45) is 7.83. The van der Waals surface area contributed by atoms with Crippen LogP contribution in [0.5, 0.6) is 0 Å². The monoisotopic (exact) mass is 628 g/mol. The number of carboxylic acids is 1. The van der Waals surface area contributed by atoms with Crippen molar-refractivity contribution in [3.8, 4) is 11.1 Å². The zero-order chi connectivity index (χ0) is 27.1. The van der Waals surface area contributed by atoms with E-state index in [4.69, 9.17) is 0 Å². The maximum absolute atomic E-state index is 13.6. The zero-order valence-corrected chi connectivity index (χ0v) is 22.2. The van der Waals surface area contributed by atoms with Crippen LogP contribution in [0.2, 0.25) is 0 Å². The third-order valence-corrected chi connectivity index (χ3v) is 6.03. The summed E-state index contributed by atoms with van der Waals surface area (Å²) >= 11 is 1.90. The SMILES string of the molecule is Cc1cnc(C(=O)NCCCNc2nc(Nc3ccc(F)c(I)c3)ncc2-c2cncc(C(=O)O)c2)cn1. The van der Waals surface area contributed by atoms with Crippen molar-refractivity contribution >= 4 is 51.9 Å². The Kier molecular flexibility index (Phi) is 8.68. The molecule has 4 aromatic rings. The Hall–Kier alpha value is -4.27. The van der Waals surface area contributed by atoms with E-state index in [2.05, 4.69) is 40.9 Å². The lowest BCUT2D eigenvalue weighted by atomic mass is 10.1. The second-order valence-electron chi connectivity index (χ2n) is 8.06. The number of nitrogens with one attached hydrogen (secondary N) is 3. The molecule has 38 heavy (non-hydrogen) atoms. The Morgan fingerprint density at radius 3 is 2.61 bits per heavy atom. The number of nitrogens with zero attached hydrogens (tertiary/aromatic N) is 5. The van der Waals surface area contributed by atoms with E-state index in [0.717, 1.165) is 5.69 Å². The summed E-state index contributed by atoms with van der Waals surface area (Å²) in [5.41, 5.74) is 2.64. The lowest BCUT2D eigenvalue weighted by molar-refractivity contribution is 0.0696. The first-order chi connectivity index (χ1) is 18.3. The molecular formula is C25H22FIN8O3. The van der Waals surface area contributed by atoms with Gasteiger partial charge in [0.1, 0.15) is 17.3 Å². The molecule has 13 heteroatoms. The zero-order valence-electron chi connectivity index (χ0n) is 20.1. The average Bonchev–Trinajstić information content (AvgIpc) is 2.91. The van der Waals surface area contributed by atoms with Gasteiger partial charge in [-0.3, -0.25) is 14.8 Å². The third-order valence-electron chi connectivity index (χ3n) is 5.21. The van der Waals surface area contributed by atoms with Gasteiger partial charge >= 0.3 is 5.97 Å². The van der Waals surface area contributed by atoms with E-state index in [0.29, 0.717) is 45.7 Å². The molecule has 0 aliphatic heterocycles. The van der Waals surface area contributed by atoms with Gasteiger partial charge in [0.25, 0.3) is 5.91 Å². The highest BCUT2D eigenvalue weighted by Crippen LogP contribution is 2.28. The number of aromatic carboxylic acids is 1. The van der Waals surface area contributed by atoms with Crippen molar-refractivity contribution in [3.05, 3.63) is 81.6 Å². The number of carboxylic acid groups (broad SMARTS) is 1. The van der Waals surface area contributed by atoms with Gasteiger partial charge in [0.2, 0.25) is 5.95 Å². The molecule has 4 rings (SSSR count). The van der Waals surface area contributed by atoms with Gasteiger partial charge in [0.05, 0.1) is 21.0 Å². The molecule has 3 aromatic heterocycles. The van der Waals surface area contributed by atoms with E-state index in [1.165, 1.54) is 36.9 Å². The predicted molar refractivity (Wildman–Crippen MR) is 147 cm³/mol. The number of carbonyl (C=O) groups excluding carboxylic acids is 1. The first-order valence-corrected chi connectivity index (χ1v) is 12.5. The number of pyridine rings is 1. The highest BCUT2D eigenvalue weighted by atomic mass is 127. The minimum atomic E-state index is -1.10. The van der Waals surface area contributed by atoms with E-state index >= 15 is 0 Å². The molecule has 0 atom stereocenters. The largest absolute Gasteiger partial charge is 0.478 e. The first-order valence-electron chi connectivity index (χ1n) is 11.4. The summed E-state index contributed by atoms with van der Waals surface area (Å²) in [6, 6.07) is 6.03. The Morgan fingerprint density at radius 1 is 1.03 bits per heavy atom. The molecule has 3 heterocycles. The van der Waals surface area contributed by atoms with E-state index in [9.17, 15) is 19.1 Å². The smallest absolute Gasteiger partial charge is 0.337 e. The minimum absolute atomic E-state index is 0.0263. The van der Waals surface area contributed by atoms with Gasteiger partial charge in [-0.15, -0.1) is 0 Å². The standard InChI is InChI=1S/C25H22FIN8O3/c1-14-9-32-21(13-31-14)23(36)30-6-2-5-29-22-18(15-7-16(24(37)38)11-28-10-15)12-33-25(35-22)34-17-3-4-19(26)20(27)8-17/h3-4,7-13H,2,5-6H2,1H3,(H,30,36)(H,37,38)(H2,29,33,34,35). The van der Waals surface area contributed by atoms with E-state index in [1.807, 2.05) is 22.6 Å². The van der Waals surface area contributed by atoms with Crippen LogP contribution >= 0.6 is 22.6 Å². The minimum Gasteiger partial charge on any atom is -0.478 e. The second-order valence-corrected chi connectivity index (χ2v) is 9.22. The summed E-state index contributed by atoms with van der Waals surface area (Å²) in [4.78, 5) is 44.7. The fraction of sp³-hybridized carbons (Fsp3) is 0.160. The lowest BCUT2D eigenvalue weighted by Crippen LogP contribution is -2.27. The Morgan fingerprint density at radius 2 is 1.87 bits per heavy atom. The van der Waals surface area contributed by atoms with Crippen LogP contribution in [0.1, 0.15) is 33.0 Å². The molecular weight excluding hydrogens is 606 g/mol. The van der Waals surface area contributed by atoms with Crippen molar-refractivity contribution in [1.29, 1.82) is 0 Å². The number of anilines is 3. The molecule has 11 nitrogen and oxygen atoms in total. The molecule has 0 saturated carbocycles. The van der Waals surface area contributed by atoms with Crippen molar-refractivity contribution in [2.24, 2.45) is 0 Å². The number of benzene rings is 1. The van der Waals surface area contributed by atoms with Crippen LogP contribution in [0.3, 0.4) is 0 Å². The average molecular weight is 628 g/mol. The number of rotatable bonds is 10. The Bertz CT molecular complexity index is 1470. The molecule has 0 unspecified atom stereocenters. The van der Waals surface area contributed by atoms with Gasteiger partial charge in [0, 0.05) is 54.7 Å². The normalized spacial score (nSPS) is 10.6. The molecule has 0 radical (unpaired) electrons. The molecule has 0 aliphatic carbocycles. The van der Waals surface area contributed by atoms with Crippen LogP contribution in [0.25, 0.3) is 11.1 Å². The van der Waals surface area contributed by atoms with Gasteiger partial charge < -0.3 is 21.1 Å². The van der Waals surface area contributed by atoms with Crippen LogP contribution in [0.15, 0.2) is 55.2 Å². The van der Waals surface area contributed by atoms with Gasteiger partial charge in [-0.25, -0.2) is 19.2 Å². The van der Waals surface area contributed by atoms with Crippen LogP contribution in [-0.2, 0) is 0 Å². The van der Waals surface area contributed by atoms with E-state index < -0.39 is 5.97 Å². The van der Waals surface area contributed by atoms with Crippen LogP contribution in [0.4, 0.5) is 21.8 Å². The van der Waals surface area contributed by atoms with E-state index in [1.54, 1.807) is 25.3 Å². The predicted octanol–water partition coefficient (Wildman–Crippen LogP) is 4.05. The Labute approximate surface area is 230 Å². The quantitative estimate of drug-likeness (QED) is 0.149. The molecule has 0 saturated heterocycles. The van der Waals surface area contributed by atoms with Crippen LogP contribution in [0, 0.1) is 16.3 Å². The van der Waals surface area contributed by atoms with Crippen molar-refractivity contribution in [2.75, 3.05) is 23.7 Å². The first kappa shape index (κ1) is 26.8. The summed E-state index contributed by atoms with van der Waals surface area (Å²) in [5, 5.41) is 18.4. The Balaban J connectivity index is 1.48. The fourth-order valence-corrected chi connectivity index (χ4v) is 3.81. The number of hydrogen-bond acceptors (Lipinski definition) is 9. The molecule has 0 fully saturated rings. The molecule has 0 aliphatic rings. The highest BCUT2D eigenvalue weighted by Gasteiger charge is 2.14. The number of halogens is 2. The van der Waals surface area contributed by atoms with Crippen molar-refractivity contribution < 1.29 is 19.1 Å². The van der Waals surface area contributed by atoms with Gasteiger partial charge in [0.15, 0.2) is 0 Å². The third kappa shape index (κ3) is 6.94. The van der Waals surface area contributed by atoms with Crippen molar-refractivity contribution in [2.45, 2.75) is 13.3 Å². The number of amides is 1. The van der Waals surface area contributed by atoms with Gasteiger partial charge in [-0.05, 0) is 60.2 Å². The number of hydrogen-bond donors (Lipinski definition) is 4. The van der Waals surface area contributed by atoms with Crippen LogP contribution in [-0.4, -0.2) is 55.0 Å². The molecule has 0 bridgehead atoms. The number of carbonyl (C=O) groups is 2. The maximum Gasteiger partial charge on any atom is 0.337 e. The van der Waals surface area contributed by atoms with Crippen molar-refractivity contribution in [3.63, 3.8) is 0 Å². The number of aromatic nitrogens is 5. The topological polar surface area (TPSA) is 155 Å². The maximum atomic E-state index is 13.6. The second kappa shape index (κ2) is 12.3. The summed E-state index contributed by atoms with van der Waals surface area (Å²) in [6.45, 7) is 2.60. The fourth-order valence-electron chi connectivity index (χ4n) is 3.29.